The molecule has 1 unspecified atom stereocenters. The highest BCUT2D eigenvalue weighted by Crippen LogP contribution is 2.17. The molecule has 5 heteroatoms. The number of piperidine rings is 1. The van der Waals surface area contributed by atoms with E-state index in [1.54, 1.807) is 0 Å². The Balaban J connectivity index is 1.83. The number of hydrogen-bond donors (Lipinski definition) is 1. The fourth-order valence-electron chi connectivity index (χ4n) is 2.43. The first-order valence-electron chi connectivity index (χ1n) is 6.96. The van der Waals surface area contributed by atoms with Crippen LogP contribution in [0, 0.1) is 5.92 Å². The molecular formula is C13H23N3O2. The maximum Gasteiger partial charge on any atom is 0.240 e. The van der Waals surface area contributed by atoms with E-state index in [1.807, 2.05) is 0 Å². The third kappa shape index (κ3) is 3.78. The first-order chi connectivity index (χ1) is 8.81. The fourth-order valence-corrected chi connectivity index (χ4v) is 2.43. The van der Waals surface area contributed by atoms with E-state index < -0.39 is 0 Å². The Morgan fingerprint density at radius 3 is 3.17 bits per heavy atom. The summed E-state index contributed by atoms with van der Waals surface area (Å²) in [5.74, 6) is 1.93. The number of aromatic nitrogens is 2. The summed E-state index contributed by atoms with van der Waals surface area (Å²) in [6.07, 6.45) is 5.42. The molecule has 0 aromatic carbocycles. The molecule has 2 rings (SSSR count). The van der Waals surface area contributed by atoms with Crippen LogP contribution in [-0.4, -0.2) is 39.8 Å². The number of aliphatic hydroxyl groups excluding tert-OH is 1. The molecule has 1 aromatic heterocycles. The molecule has 0 aliphatic carbocycles. The highest BCUT2D eigenvalue weighted by molar-refractivity contribution is 4.87. The van der Waals surface area contributed by atoms with Gasteiger partial charge < -0.3 is 9.63 Å². The van der Waals surface area contributed by atoms with Gasteiger partial charge in [-0.05, 0) is 31.7 Å². The van der Waals surface area contributed by atoms with Gasteiger partial charge in [-0.1, -0.05) is 18.5 Å². The van der Waals surface area contributed by atoms with Crippen molar-refractivity contribution in [2.24, 2.45) is 5.92 Å². The van der Waals surface area contributed by atoms with Crippen LogP contribution in [0.2, 0.25) is 0 Å². The van der Waals surface area contributed by atoms with Gasteiger partial charge >= 0.3 is 0 Å². The predicted molar refractivity (Wildman–Crippen MR) is 68.0 cm³/mol. The lowest BCUT2D eigenvalue weighted by Gasteiger charge is -2.30. The number of aliphatic hydroxyl groups is 1. The number of nitrogens with zero attached hydrogens (tertiary/aromatic N) is 3. The second-order valence-corrected chi connectivity index (χ2v) is 5.13. The zero-order chi connectivity index (χ0) is 12.8. The molecule has 0 radical (unpaired) electrons. The monoisotopic (exact) mass is 253 g/mol. The van der Waals surface area contributed by atoms with E-state index in [9.17, 15) is 5.11 Å². The van der Waals surface area contributed by atoms with E-state index in [-0.39, 0.29) is 6.61 Å². The van der Waals surface area contributed by atoms with E-state index >= 15 is 0 Å². The molecule has 1 saturated heterocycles. The summed E-state index contributed by atoms with van der Waals surface area (Å²) in [6.45, 7) is 5.15. The maximum atomic E-state index is 9.20. The molecule has 1 aliphatic rings. The van der Waals surface area contributed by atoms with Gasteiger partial charge in [-0.25, -0.2) is 0 Å². The minimum absolute atomic E-state index is 0.280. The Kier molecular flexibility index (Phi) is 5.13. The normalized spacial score (nSPS) is 21.3. The van der Waals surface area contributed by atoms with Crippen molar-refractivity contribution in [3.63, 3.8) is 0 Å². The highest BCUT2D eigenvalue weighted by Gasteiger charge is 2.20. The minimum atomic E-state index is 0.280. The van der Waals surface area contributed by atoms with Crippen molar-refractivity contribution < 1.29 is 9.63 Å². The minimum Gasteiger partial charge on any atom is -0.396 e. The van der Waals surface area contributed by atoms with Crippen LogP contribution in [0.5, 0.6) is 0 Å². The number of aryl methyl sites for hydroxylation is 1. The van der Waals surface area contributed by atoms with Gasteiger partial charge in [-0.2, -0.15) is 4.98 Å². The van der Waals surface area contributed by atoms with Crippen LogP contribution < -0.4 is 0 Å². The molecule has 0 bridgehead atoms. The second-order valence-electron chi connectivity index (χ2n) is 5.13. The number of unbranched alkanes of at least 4 members (excludes halogenated alkanes) is 1. The second kappa shape index (κ2) is 6.85. The van der Waals surface area contributed by atoms with Crippen LogP contribution in [0.15, 0.2) is 4.52 Å². The highest BCUT2D eigenvalue weighted by atomic mass is 16.5. The van der Waals surface area contributed by atoms with E-state index in [2.05, 4.69) is 22.0 Å². The molecule has 1 aliphatic heterocycles. The van der Waals surface area contributed by atoms with Crippen molar-refractivity contribution in [1.29, 1.82) is 0 Å². The summed E-state index contributed by atoms with van der Waals surface area (Å²) < 4.78 is 5.27. The van der Waals surface area contributed by atoms with Gasteiger partial charge in [0.1, 0.15) is 0 Å². The van der Waals surface area contributed by atoms with Crippen LogP contribution in [0.4, 0.5) is 0 Å². The Morgan fingerprint density at radius 2 is 2.39 bits per heavy atom. The Labute approximate surface area is 108 Å². The molecule has 0 saturated carbocycles. The molecule has 1 aromatic rings. The zero-order valence-corrected chi connectivity index (χ0v) is 11.1. The average Bonchev–Trinajstić information content (AvgIpc) is 2.84. The molecule has 5 nitrogen and oxygen atoms in total. The van der Waals surface area contributed by atoms with E-state index in [4.69, 9.17) is 4.52 Å². The topological polar surface area (TPSA) is 62.4 Å². The van der Waals surface area contributed by atoms with Crippen molar-refractivity contribution in [2.75, 3.05) is 19.7 Å². The third-order valence-electron chi connectivity index (χ3n) is 3.48. The standard InChI is InChI=1S/C13H23N3O2/c1-2-3-6-12-14-13(18-15-12)9-16-7-4-5-11(8-16)10-17/h11,17H,2-10H2,1H3. The van der Waals surface area contributed by atoms with E-state index in [0.717, 1.165) is 57.6 Å². The molecule has 0 spiro atoms. The predicted octanol–water partition coefficient (Wildman–Crippen LogP) is 1.62. The third-order valence-corrected chi connectivity index (χ3v) is 3.48. The van der Waals surface area contributed by atoms with Crippen LogP contribution in [0.1, 0.15) is 44.3 Å². The summed E-state index contributed by atoms with van der Waals surface area (Å²) in [7, 11) is 0. The Hall–Kier alpha value is -0.940. The molecular weight excluding hydrogens is 230 g/mol. The van der Waals surface area contributed by atoms with Crippen molar-refractivity contribution in [1.82, 2.24) is 15.0 Å². The first kappa shape index (κ1) is 13.5. The molecule has 2 heterocycles. The summed E-state index contributed by atoms with van der Waals surface area (Å²) >= 11 is 0. The van der Waals surface area contributed by atoms with Gasteiger partial charge in [0.15, 0.2) is 5.82 Å². The largest absolute Gasteiger partial charge is 0.396 e. The first-order valence-corrected chi connectivity index (χ1v) is 6.96. The van der Waals surface area contributed by atoms with Gasteiger partial charge in [0.05, 0.1) is 6.54 Å². The van der Waals surface area contributed by atoms with Crippen molar-refractivity contribution >= 4 is 0 Å². The lowest BCUT2D eigenvalue weighted by molar-refractivity contribution is 0.107. The van der Waals surface area contributed by atoms with Crippen molar-refractivity contribution in [2.45, 2.75) is 45.6 Å². The van der Waals surface area contributed by atoms with Gasteiger partial charge in [0, 0.05) is 19.6 Å². The maximum absolute atomic E-state index is 9.20. The smallest absolute Gasteiger partial charge is 0.240 e. The fraction of sp³-hybridized carbons (Fsp3) is 0.846. The zero-order valence-electron chi connectivity index (χ0n) is 11.1. The van der Waals surface area contributed by atoms with Gasteiger partial charge in [0.25, 0.3) is 0 Å². The number of hydrogen-bond acceptors (Lipinski definition) is 5. The van der Waals surface area contributed by atoms with Crippen LogP contribution >= 0.6 is 0 Å². The van der Waals surface area contributed by atoms with Crippen LogP contribution in [0.3, 0.4) is 0 Å². The van der Waals surface area contributed by atoms with Gasteiger partial charge in [-0.15, -0.1) is 0 Å². The molecule has 0 amide bonds. The molecule has 1 atom stereocenters. The van der Waals surface area contributed by atoms with Crippen LogP contribution in [0.25, 0.3) is 0 Å². The Bertz CT molecular complexity index is 354. The van der Waals surface area contributed by atoms with Crippen LogP contribution in [-0.2, 0) is 13.0 Å². The summed E-state index contributed by atoms with van der Waals surface area (Å²) in [4.78, 5) is 6.70. The number of rotatable bonds is 6. The summed E-state index contributed by atoms with van der Waals surface area (Å²) in [6, 6.07) is 0. The lowest BCUT2D eigenvalue weighted by Crippen LogP contribution is -2.36. The molecule has 1 fully saturated rings. The summed E-state index contributed by atoms with van der Waals surface area (Å²) in [5, 5.41) is 13.2. The quantitative estimate of drug-likeness (QED) is 0.834. The van der Waals surface area contributed by atoms with Gasteiger partial charge in [0.2, 0.25) is 5.89 Å². The number of likely N-dealkylation sites (tertiary alicyclic amines) is 1. The lowest BCUT2D eigenvalue weighted by atomic mass is 9.99. The van der Waals surface area contributed by atoms with E-state index in [0.29, 0.717) is 11.8 Å². The Morgan fingerprint density at radius 1 is 1.50 bits per heavy atom. The SMILES string of the molecule is CCCCc1noc(CN2CCCC(CO)C2)n1. The van der Waals surface area contributed by atoms with Crippen molar-refractivity contribution in [3.8, 4) is 0 Å². The molecule has 1 N–H and O–H groups in total. The summed E-state index contributed by atoms with van der Waals surface area (Å²) in [5.41, 5.74) is 0. The average molecular weight is 253 g/mol. The van der Waals surface area contributed by atoms with E-state index in [1.165, 1.54) is 0 Å². The molecule has 18 heavy (non-hydrogen) atoms. The van der Waals surface area contributed by atoms with Crippen molar-refractivity contribution in [3.05, 3.63) is 11.7 Å². The molecule has 102 valence electrons. The van der Waals surface area contributed by atoms with Gasteiger partial charge in [-0.3, -0.25) is 4.90 Å².